The van der Waals surface area contributed by atoms with Crippen molar-refractivity contribution in [2.75, 3.05) is 0 Å². The van der Waals surface area contributed by atoms with Gasteiger partial charge < -0.3 is 5.11 Å². The first kappa shape index (κ1) is 11.5. The minimum absolute atomic E-state index is 0.0199. The Morgan fingerprint density at radius 3 is 2.83 bits per heavy atom. The minimum Gasteiger partial charge on any atom is -0.477 e. The molecule has 1 aliphatic rings. The van der Waals surface area contributed by atoms with Crippen LogP contribution in [0.25, 0.3) is 10.9 Å². The van der Waals surface area contributed by atoms with Gasteiger partial charge in [-0.25, -0.2) is 9.78 Å². The van der Waals surface area contributed by atoms with Gasteiger partial charge in [0.1, 0.15) is 5.69 Å². The molecule has 0 saturated carbocycles. The topological polar surface area (TPSA) is 50.2 Å². The molecular formula is C14H12ClNO2. The number of rotatable bonds is 1. The monoisotopic (exact) mass is 261 g/mol. The summed E-state index contributed by atoms with van der Waals surface area (Å²) >= 11 is 6.15. The second-order valence-electron chi connectivity index (χ2n) is 4.60. The van der Waals surface area contributed by atoms with Crippen molar-refractivity contribution in [3.8, 4) is 0 Å². The van der Waals surface area contributed by atoms with E-state index in [0.717, 1.165) is 30.2 Å². The summed E-state index contributed by atoms with van der Waals surface area (Å²) in [7, 11) is 0. The van der Waals surface area contributed by atoms with E-state index in [2.05, 4.69) is 11.1 Å². The number of pyridine rings is 1. The first-order valence-corrected chi connectivity index (χ1v) is 6.39. The molecule has 3 nitrogen and oxygen atoms in total. The summed E-state index contributed by atoms with van der Waals surface area (Å²) in [6, 6.07) is 5.45. The fourth-order valence-electron chi connectivity index (χ4n) is 2.59. The summed E-state index contributed by atoms with van der Waals surface area (Å²) in [5, 5.41) is 10.4. The Morgan fingerprint density at radius 1 is 1.28 bits per heavy atom. The maximum Gasteiger partial charge on any atom is 0.354 e. The summed E-state index contributed by atoms with van der Waals surface area (Å²) in [5.74, 6) is -1.03. The van der Waals surface area contributed by atoms with E-state index in [9.17, 15) is 4.79 Å². The predicted octanol–water partition coefficient (Wildman–Crippen LogP) is 3.47. The van der Waals surface area contributed by atoms with Crippen molar-refractivity contribution in [2.45, 2.75) is 25.7 Å². The van der Waals surface area contributed by atoms with Gasteiger partial charge >= 0.3 is 5.97 Å². The highest BCUT2D eigenvalue weighted by Crippen LogP contribution is 2.31. The number of benzene rings is 1. The van der Waals surface area contributed by atoms with Crippen LogP contribution in [0.4, 0.5) is 0 Å². The van der Waals surface area contributed by atoms with E-state index in [0.29, 0.717) is 5.02 Å². The minimum atomic E-state index is -1.03. The number of halogens is 1. The van der Waals surface area contributed by atoms with E-state index in [-0.39, 0.29) is 5.69 Å². The van der Waals surface area contributed by atoms with Crippen LogP contribution in [0.5, 0.6) is 0 Å². The van der Waals surface area contributed by atoms with Crippen LogP contribution in [-0.2, 0) is 12.8 Å². The maximum atomic E-state index is 11.0. The summed E-state index contributed by atoms with van der Waals surface area (Å²) in [6.45, 7) is 0. The number of carboxylic acid groups (broad SMARTS) is 1. The second kappa shape index (κ2) is 4.25. The molecule has 1 aromatic heterocycles. The number of hydrogen-bond acceptors (Lipinski definition) is 2. The largest absolute Gasteiger partial charge is 0.477 e. The van der Waals surface area contributed by atoms with E-state index in [1.807, 2.05) is 6.07 Å². The van der Waals surface area contributed by atoms with E-state index >= 15 is 0 Å². The zero-order chi connectivity index (χ0) is 12.7. The molecule has 0 unspecified atom stereocenters. The van der Waals surface area contributed by atoms with Gasteiger partial charge in [0.2, 0.25) is 0 Å². The van der Waals surface area contributed by atoms with E-state index in [1.165, 1.54) is 23.6 Å². The zero-order valence-corrected chi connectivity index (χ0v) is 10.5. The Kier molecular flexibility index (Phi) is 2.71. The summed E-state index contributed by atoms with van der Waals surface area (Å²) in [5.41, 5.74) is 3.23. The summed E-state index contributed by atoms with van der Waals surface area (Å²) in [6.07, 6.45) is 4.31. The number of hydrogen-bond donors (Lipinski definition) is 1. The van der Waals surface area contributed by atoms with Crippen molar-refractivity contribution in [1.29, 1.82) is 0 Å². The van der Waals surface area contributed by atoms with Gasteiger partial charge in [-0.3, -0.25) is 0 Å². The lowest BCUT2D eigenvalue weighted by atomic mass is 9.89. The average molecular weight is 262 g/mol. The lowest BCUT2D eigenvalue weighted by molar-refractivity contribution is 0.0691. The normalized spacial score (nSPS) is 14.5. The Morgan fingerprint density at radius 2 is 2.06 bits per heavy atom. The highest BCUT2D eigenvalue weighted by Gasteiger charge is 2.17. The Hall–Kier alpha value is -1.61. The van der Waals surface area contributed by atoms with Gasteiger partial charge in [-0.15, -0.1) is 0 Å². The molecule has 4 heteroatoms. The van der Waals surface area contributed by atoms with Gasteiger partial charge in [0, 0.05) is 5.39 Å². The SMILES string of the molecule is O=C(O)c1cc(Cl)c2ccc3c(c2n1)CCCC3. The molecule has 0 atom stereocenters. The van der Waals surface area contributed by atoms with Gasteiger partial charge in [0.25, 0.3) is 0 Å². The van der Waals surface area contributed by atoms with Gasteiger partial charge in [-0.1, -0.05) is 23.7 Å². The molecule has 1 N–H and O–H groups in total. The molecule has 92 valence electrons. The number of aromatic nitrogens is 1. The Labute approximate surface area is 109 Å². The van der Waals surface area contributed by atoms with E-state index in [1.54, 1.807) is 0 Å². The van der Waals surface area contributed by atoms with Crippen molar-refractivity contribution >= 4 is 28.5 Å². The van der Waals surface area contributed by atoms with Crippen molar-refractivity contribution in [1.82, 2.24) is 4.98 Å². The Bertz CT molecular complexity index is 652. The average Bonchev–Trinajstić information content (AvgIpc) is 2.38. The molecule has 0 radical (unpaired) electrons. The molecular weight excluding hydrogens is 250 g/mol. The zero-order valence-electron chi connectivity index (χ0n) is 9.74. The van der Waals surface area contributed by atoms with Crippen molar-refractivity contribution in [3.05, 3.63) is 40.0 Å². The van der Waals surface area contributed by atoms with Gasteiger partial charge in [0.05, 0.1) is 10.5 Å². The van der Waals surface area contributed by atoms with E-state index in [4.69, 9.17) is 16.7 Å². The van der Waals surface area contributed by atoms with Crippen LogP contribution in [0.2, 0.25) is 5.02 Å². The second-order valence-corrected chi connectivity index (χ2v) is 5.01. The molecule has 1 aliphatic carbocycles. The molecule has 3 rings (SSSR count). The molecule has 0 fully saturated rings. The predicted molar refractivity (Wildman–Crippen MR) is 70.4 cm³/mol. The summed E-state index contributed by atoms with van der Waals surface area (Å²) in [4.78, 5) is 15.3. The third-order valence-corrected chi connectivity index (χ3v) is 3.79. The fraction of sp³-hybridized carbons (Fsp3) is 0.286. The van der Waals surface area contributed by atoms with Crippen LogP contribution >= 0.6 is 11.6 Å². The fourth-order valence-corrected chi connectivity index (χ4v) is 2.84. The first-order valence-electron chi connectivity index (χ1n) is 6.01. The van der Waals surface area contributed by atoms with Crippen LogP contribution < -0.4 is 0 Å². The van der Waals surface area contributed by atoms with Crippen LogP contribution in [-0.4, -0.2) is 16.1 Å². The maximum absolute atomic E-state index is 11.0. The highest BCUT2D eigenvalue weighted by molar-refractivity contribution is 6.35. The van der Waals surface area contributed by atoms with E-state index < -0.39 is 5.97 Å². The molecule has 0 saturated heterocycles. The lowest BCUT2D eigenvalue weighted by Crippen LogP contribution is -2.07. The number of carbonyl (C=O) groups is 1. The molecule has 2 aromatic rings. The molecule has 1 heterocycles. The number of fused-ring (bicyclic) bond motifs is 3. The highest BCUT2D eigenvalue weighted by atomic mass is 35.5. The number of aromatic carboxylic acids is 1. The lowest BCUT2D eigenvalue weighted by Gasteiger charge is -2.17. The molecule has 0 aliphatic heterocycles. The molecule has 0 bridgehead atoms. The smallest absolute Gasteiger partial charge is 0.354 e. The molecule has 1 aromatic carbocycles. The molecule has 0 amide bonds. The third-order valence-electron chi connectivity index (χ3n) is 3.47. The molecule has 0 spiro atoms. The quantitative estimate of drug-likeness (QED) is 0.855. The number of carboxylic acids is 1. The van der Waals surface area contributed by atoms with Crippen molar-refractivity contribution in [2.24, 2.45) is 0 Å². The Balaban J connectivity index is 2.34. The first-order chi connectivity index (χ1) is 8.66. The van der Waals surface area contributed by atoms with Crippen LogP contribution in [0.3, 0.4) is 0 Å². The van der Waals surface area contributed by atoms with Crippen molar-refractivity contribution < 1.29 is 9.90 Å². The van der Waals surface area contributed by atoms with Crippen LogP contribution in [0.1, 0.15) is 34.5 Å². The third kappa shape index (κ3) is 1.75. The van der Waals surface area contributed by atoms with Gasteiger partial charge in [0.15, 0.2) is 0 Å². The standard InChI is InChI=1S/C14H12ClNO2/c15-11-7-12(14(17)18)16-13-9-4-2-1-3-8(9)5-6-10(11)13/h5-7H,1-4H2,(H,17,18). The number of nitrogens with zero attached hydrogens (tertiary/aromatic N) is 1. The number of aryl methyl sites for hydroxylation is 2. The van der Waals surface area contributed by atoms with Gasteiger partial charge in [-0.05, 0) is 42.9 Å². The summed E-state index contributed by atoms with van der Waals surface area (Å²) < 4.78 is 0. The molecule has 18 heavy (non-hydrogen) atoms. The van der Waals surface area contributed by atoms with Crippen LogP contribution in [0.15, 0.2) is 18.2 Å². The van der Waals surface area contributed by atoms with Gasteiger partial charge in [-0.2, -0.15) is 0 Å². The van der Waals surface area contributed by atoms with Crippen LogP contribution in [0, 0.1) is 0 Å². The van der Waals surface area contributed by atoms with Crippen molar-refractivity contribution in [3.63, 3.8) is 0 Å².